The van der Waals surface area contributed by atoms with Crippen LogP contribution in [0.4, 0.5) is 11.4 Å². The number of nitrogens with zero attached hydrogens (tertiary/aromatic N) is 1. The second-order valence-electron chi connectivity index (χ2n) is 3.77. The van der Waals surface area contributed by atoms with Gasteiger partial charge >= 0.3 is 5.97 Å². The maximum atomic E-state index is 10.9. The summed E-state index contributed by atoms with van der Waals surface area (Å²) in [6.07, 6.45) is 0.447. The summed E-state index contributed by atoms with van der Waals surface area (Å²) >= 11 is 5.69. The zero-order valence-electron chi connectivity index (χ0n) is 9.72. The lowest BCUT2D eigenvalue weighted by molar-refractivity contribution is -0.384. The number of hydrogen-bond donors (Lipinski definition) is 2. The van der Waals surface area contributed by atoms with E-state index in [1.54, 1.807) is 0 Å². The van der Waals surface area contributed by atoms with Gasteiger partial charge in [0.2, 0.25) is 0 Å². The van der Waals surface area contributed by atoms with Crippen molar-refractivity contribution in [2.45, 2.75) is 25.8 Å². The summed E-state index contributed by atoms with van der Waals surface area (Å²) in [6, 6.07) is 3.87. The number of nitro groups is 1. The van der Waals surface area contributed by atoms with Crippen LogP contribution in [0.2, 0.25) is 5.02 Å². The van der Waals surface area contributed by atoms with E-state index in [0.717, 1.165) is 0 Å². The minimum Gasteiger partial charge on any atom is -0.481 e. The van der Waals surface area contributed by atoms with Crippen molar-refractivity contribution in [1.29, 1.82) is 0 Å². The molecular weight excluding hydrogens is 260 g/mol. The molecule has 0 aromatic heterocycles. The molecule has 0 aliphatic carbocycles. The Morgan fingerprint density at radius 1 is 1.61 bits per heavy atom. The fourth-order valence-electron chi connectivity index (χ4n) is 1.51. The smallest absolute Gasteiger partial charge is 0.305 e. The Morgan fingerprint density at radius 2 is 2.28 bits per heavy atom. The quantitative estimate of drug-likeness (QED) is 0.613. The molecule has 1 atom stereocenters. The van der Waals surface area contributed by atoms with Gasteiger partial charge in [-0.15, -0.1) is 0 Å². The number of aliphatic carboxylic acids is 1. The van der Waals surface area contributed by atoms with Crippen LogP contribution in [0.1, 0.15) is 19.8 Å². The first-order valence-corrected chi connectivity index (χ1v) is 5.74. The zero-order chi connectivity index (χ0) is 13.7. The fraction of sp³-hybridized carbons (Fsp3) is 0.364. The third-order valence-electron chi connectivity index (χ3n) is 2.43. The molecule has 0 bridgehead atoms. The van der Waals surface area contributed by atoms with Gasteiger partial charge in [0.15, 0.2) is 0 Å². The molecule has 1 unspecified atom stereocenters. The number of nitrogens with one attached hydrogen (secondary N) is 1. The molecule has 0 heterocycles. The average molecular weight is 273 g/mol. The van der Waals surface area contributed by atoms with Gasteiger partial charge in [-0.3, -0.25) is 14.9 Å². The molecule has 6 nitrogen and oxygen atoms in total. The van der Waals surface area contributed by atoms with Gasteiger partial charge in [0, 0.05) is 17.1 Å². The monoisotopic (exact) mass is 272 g/mol. The molecule has 0 aliphatic heterocycles. The van der Waals surface area contributed by atoms with E-state index in [1.807, 2.05) is 6.92 Å². The van der Waals surface area contributed by atoms with Crippen LogP contribution < -0.4 is 5.32 Å². The maximum Gasteiger partial charge on any atom is 0.305 e. The zero-order valence-corrected chi connectivity index (χ0v) is 10.5. The van der Waals surface area contributed by atoms with Gasteiger partial charge in [-0.25, -0.2) is 0 Å². The third-order valence-corrected chi connectivity index (χ3v) is 2.67. The van der Waals surface area contributed by atoms with Gasteiger partial charge in [-0.05, 0) is 18.6 Å². The van der Waals surface area contributed by atoms with Crippen molar-refractivity contribution in [1.82, 2.24) is 0 Å². The van der Waals surface area contributed by atoms with Gasteiger partial charge in [-0.1, -0.05) is 18.5 Å². The molecule has 1 aromatic carbocycles. The highest BCUT2D eigenvalue weighted by Crippen LogP contribution is 2.28. The average Bonchev–Trinajstić information content (AvgIpc) is 2.29. The van der Waals surface area contributed by atoms with Crippen LogP contribution in [0.15, 0.2) is 18.2 Å². The Hall–Kier alpha value is -1.82. The number of rotatable bonds is 6. The number of carboxylic acid groups (broad SMARTS) is 1. The van der Waals surface area contributed by atoms with E-state index in [-0.39, 0.29) is 28.9 Å². The second-order valence-corrected chi connectivity index (χ2v) is 4.20. The number of benzene rings is 1. The van der Waals surface area contributed by atoms with E-state index >= 15 is 0 Å². The number of nitro benzene ring substituents is 1. The number of carboxylic acids is 1. The Labute approximate surface area is 109 Å². The normalized spacial score (nSPS) is 11.9. The lowest BCUT2D eigenvalue weighted by Crippen LogP contribution is -2.22. The predicted octanol–water partition coefficient (Wildman–Crippen LogP) is 2.91. The minimum absolute atomic E-state index is 0.101. The molecule has 1 aromatic rings. The highest BCUT2D eigenvalue weighted by molar-refractivity contribution is 6.30. The van der Waals surface area contributed by atoms with Crippen LogP contribution in [0, 0.1) is 10.1 Å². The summed E-state index contributed by atoms with van der Waals surface area (Å²) in [7, 11) is 0. The van der Waals surface area contributed by atoms with Gasteiger partial charge in [-0.2, -0.15) is 0 Å². The van der Waals surface area contributed by atoms with Crippen molar-refractivity contribution in [2.75, 3.05) is 5.32 Å². The molecule has 0 saturated carbocycles. The van der Waals surface area contributed by atoms with Crippen molar-refractivity contribution < 1.29 is 14.8 Å². The number of anilines is 1. The molecule has 0 aliphatic rings. The van der Waals surface area contributed by atoms with Crippen molar-refractivity contribution in [3.63, 3.8) is 0 Å². The van der Waals surface area contributed by atoms with E-state index in [1.165, 1.54) is 18.2 Å². The van der Waals surface area contributed by atoms with Crippen molar-refractivity contribution in [3.8, 4) is 0 Å². The van der Waals surface area contributed by atoms with E-state index in [0.29, 0.717) is 6.42 Å². The highest BCUT2D eigenvalue weighted by Gasteiger charge is 2.18. The van der Waals surface area contributed by atoms with Gasteiger partial charge < -0.3 is 10.4 Å². The highest BCUT2D eigenvalue weighted by atomic mass is 35.5. The largest absolute Gasteiger partial charge is 0.481 e. The van der Waals surface area contributed by atoms with Crippen LogP contribution in [0.25, 0.3) is 0 Å². The summed E-state index contributed by atoms with van der Waals surface area (Å²) in [6.45, 7) is 1.81. The fourth-order valence-corrected chi connectivity index (χ4v) is 1.67. The van der Waals surface area contributed by atoms with E-state index in [9.17, 15) is 14.9 Å². The SMILES string of the molecule is CCC(CC(=O)O)Nc1ccc(Cl)cc1[N+](=O)[O-]. The minimum atomic E-state index is -0.953. The molecule has 0 spiro atoms. The standard InChI is InChI=1S/C11H13ClN2O4/c1-2-8(6-11(15)16)13-9-4-3-7(12)5-10(9)14(17)18/h3-5,8,13H,2,6H2,1H3,(H,15,16). The molecule has 0 amide bonds. The number of halogens is 1. The lowest BCUT2D eigenvalue weighted by atomic mass is 10.1. The molecule has 18 heavy (non-hydrogen) atoms. The Kier molecular flexibility index (Phi) is 4.91. The van der Waals surface area contributed by atoms with Crippen LogP contribution in [-0.2, 0) is 4.79 Å². The van der Waals surface area contributed by atoms with E-state index < -0.39 is 10.9 Å². The second kappa shape index (κ2) is 6.20. The Morgan fingerprint density at radius 3 is 2.78 bits per heavy atom. The predicted molar refractivity (Wildman–Crippen MR) is 68.1 cm³/mol. The van der Waals surface area contributed by atoms with Crippen LogP contribution in [0.5, 0.6) is 0 Å². The van der Waals surface area contributed by atoms with E-state index in [2.05, 4.69) is 5.32 Å². The summed E-state index contributed by atoms with van der Waals surface area (Å²) in [5.41, 5.74) is 0.115. The van der Waals surface area contributed by atoms with Crippen molar-refractivity contribution in [2.24, 2.45) is 0 Å². The molecule has 0 fully saturated rings. The van der Waals surface area contributed by atoms with E-state index in [4.69, 9.17) is 16.7 Å². The molecule has 0 saturated heterocycles. The van der Waals surface area contributed by atoms with Gasteiger partial charge in [0.1, 0.15) is 5.69 Å². The summed E-state index contributed by atoms with van der Waals surface area (Å²) in [4.78, 5) is 20.9. The van der Waals surface area contributed by atoms with Crippen LogP contribution >= 0.6 is 11.6 Å². The Balaban J connectivity index is 2.95. The van der Waals surface area contributed by atoms with Crippen LogP contribution in [-0.4, -0.2) is 22.0 Å². The maximum absolute atomic E-state index is 10.9. The Bertz CT molecular complexity index is 464. The number of carbonyl (C=O) groups is 1. The molecule has 98 valence electrons. The molecule has 2 N–H and O–H groups in total. The first kappa shape index (κ1) is 14.2. The van der Waals surface area contributed by atoms with Crippen molar-refractivity contribution >= 4 is 28.9 Å². The first-order valence-electron chi connectivity index (χ1n) is 5.36. The number of hydrogen-bond acceptors (Lipinski definition) is 4. The summed E-state index contributed by atoms with van der Waals surface area (Å²) in [5.74, 6) is -0.953. The molecule has 0 radical (unpaired) electrons. The van der Waals surface area contributed by atoms with Crippen LogP contribution in [0.3, 0.4) is 0 Å². The third kappa shape index (κ3) is 3.89. The summed E-state index contributed by atoms with van der Waals surface area (Å²) < 4.78 is 0. The summed E-state index contributed by atoms with van der Waals surface area (Å²) in [5, 5.41) is 22.7. The molecule has 1 rings (SSSR count). The van der Waals surface area contributed by atoms with Gasteiger partial charge in [0.25, 0.3) is 5.69 Å². The molecular formula is C11H13ClN2O4. The van der Waals surface area contributed by atoms with Crippen molar-refractivity contribution in [3.05, 3.63) is 33.3 Å². The first-order chi connectivity index (χ1) is 8.43. The molecule has 7 heteroatoms. The lowest BCUT2D eigenvalue weighted by Gasteiger charge is -2.16. The van der Waals surface area contributed by atoms with Gasteiger partial charge in [0.05, 0.1) is 11.3 Å². The topological polar surface area (TPSA) is 92.5 Å².